The maximum Gasteiger partial charge on any atom is 0.407 e. The molecule has 0 aromatic carbocycles. The molecule has 0 spiro atoms. The van der Waals surface area contributed by atoms with Gasteiger partial charge in [-0.05, 0) is 0 Å². The maximum atomic E-state index is 10.2. The van der Waals surface area contributed by atoms with Gasteiger partial charge in [-0.25, -0.2) is 0 Å². The van der Waals surface area contributed by atoms with E-state index >= 15 is 0 Å². The molecule has 0 atom stereocenters. The van der Waals surface area contributed by atoms with Crippen LogP contribution in [0.3, 0.4) is 0 Å². The number of carbonyl (C=O) groups excluding carboxylic acids is 1. The molecule has 0 aromatic heterocycles. The SMILES string of the molecule is CC(=O)OC1(CO)OO1. The van der Waals surface area contributed by atoms with Crippen LogP contribution in [-0.2, 0) is 19.3 Å². The zero-order chi connectivity index (χ0) is 6.91. The summed E-state index contributed by atoms with van der Waals surface area (Å²) in [4.78, 5) is 18.5. The molecule has 5 heteroatoms. The summed E-state index contributed by atoms with van der Waals surface area (Å²) in [5.74, 6) is -2.03. The van der Waals surface area contributed by atoms with E-state index in [2.05, 4.69) is 14.5 Å². The molecule has 0 aliphatic carbocycles. The van der Waals surface area contributed by atoms with Crippen molar-refractivity contribution in [2.24, 2.45) is 0 Å². The summed E-state index contributed by atoms with van der Waals surface area (Å²) in [6.45, 7) is 0.717. The fraction of sp³-hybridized carbons (Fsp3) is 0.750. The molecule has 1 aliphatic rings. The minimum atomic E-state index is -1.48. The first-order valence-electron chi connectivity index (χ1n) is 2.36. The van der Waals surface area contributed by atoms with Gasteiger partial charge < -0.3 is 9.84 Å². The molecule has 0 radical (unpaired) electrons. The van der Waals surface area contributed by atoms with Gasteiger partial charge in [0.05, 0.1) is 0 Å². The molecule has 0 aromatic rings. The number of aliphatic hydroxyl groups is 1. The van der Waals surface area contributed by atoms with Crippen LogP contribution < -0.4 is 0 Å². The molecule has 0 bridgehead atoms. The number of esters is 1. The van der Waals surface area contributed by atoms with Crippen LogP contribution in [0.15, 0.2) is 0 Å². The molecule has 0 unspecified atom stereocenters. The highest BCUT2D eigenvalue weighted by atomic mass is 17.5. The van der Waals surface area contributed by atoms with E-state index in [0.717, 1.165) is 0 Å². The van der Waals surface area contributed by atoms with Gasteiger partial charge in [-0.2, -0.15) is 0 Å². The van der Waals surface area contributed by atoms with Gasteiger partial charge in [-0.1, -0.05) is 0 Å². The van der Waals surface area contributed by atoms with Crippen molar-refractivity contribution in [1.82, 2.24) is 0 Å². The number of aliphatic hydroxyl groups excluding tert-OH is 1. The minimum absolute atomic E-state index is 0.480. The highest BCUT2D eigenvalue weighted by molar-refractivity contribution is 5.66. The van der Waals surface area contributed by atoms with Gasteiger partial charge >= 0.3 is 11.9 Å². The Labute approximate surface area is 51.1 Å². The molecule has 1 saturated heterocycles. The number of ether oxygens (including phenoxy) is 1. The summed E-state index contributed by atoms with van der Waals surface area (Å²) in [7, 11) is 0. The third-order valence-corrected chi connectivity index (χ3v) is 0.762. The Bertz CT molecular complexity index is 127. The second-order valence-corrected chi connectivity index (χ2v) is 1.60. The summed E-state index contributed by atoms with van der Waals surface area (Å²) in [6.07, 6.45) is 0. The average Bonchev–Trinajstić information content (AvgIpc) is 2.48. The normalized spacial score (nSPS) is 21.1. The van der Waals surface area contributed by atoms with E-state index in [4.69, 9.17) is 5.11 Å². The smallest absolute Gasteiger partial charge is 0.403 e. The summed E-state index contributed by atoms with van der Waals surface area (Å²) >= 11 is 0. The molecule has 0 saturated carbocycles. The number of carbonyl (C=O) groups is 1. The minimum Gasteiger partial charge on any atom is -0.403 e. The van der Waals surface area contributed by atoms with Gasteiger partial charge in [0.15, 0.2) is 0 Å². The molecule has 1 N–H and O–H groups in total. The maximum absolute atomic E-state index is 10.2. The van der Waals surface area contributed by atoms with Gasteiger partial charge in [0, 0.05) is 6.92 Å². The topological polar surface area (TPSA) is 71.6 Å². The molecule has 5 nitrogen and oxygen atoms in total. The summed E-state index contributed by atoms with van der Waals surface area (Å²) in [5.41, 5.74) is 0. The van der Waals surface area contributed by atoms with Crippen LogP contribution in [0.4, 0.5) is 0 Å². The van der Waals surface area contributed by atoms with Crippen molar-refractivity contribution in [1.29, 1.82) is 0 Å². The molecular weight excluding hydrogens is 128 g/mol. The van der Waals surface area contributed by atoms with Crippen molar-refractivity contribution in [2.75, 3.05) is 6.61 Å². The van der Waals surface area contributed by atoms with Crippen LogP contribution >= 0.6 is 0 Å². The van der Waals surface area contributed by atoms with Gasteiger partial charge in [0.25, 0.3) is 0 Å². The van der Waals surface area contributed by atoms with E-state index in [1.807, 2.05) is 0 Å². The molecule has 52 valence electrons. The third-order valence-electron chi connectivity index (χ3n) is 0.762. The van der Waals surface area contributed by atoms with Crippen LogP contribution in [0.5, 0.6) is 0 Å². The predicted octanol–water partition coefficient (Wildman–Crippen LogP) is -0.843. The van der Waals surface area contributed by atoms with Crippen LogP contribution in [0, 0.1) is 0 Å². The standard InChI is InChI=1S/C4H6O5/c1-3(6)7-4(2-5)8-9-4/h5H,2H2,1H3. The van der Waals surface area contributed by atoms with E-state index in [9.17, 15) is 4.79 Å². The Morgan fingerprint density at radius 3 is 2.44 bits per heavy atom. The molecular formula is C4H6O5. The van der Waals surface area contributed by atoms with Gasteiger partial charge in [-0.3, -0.25) is 4.79 Å². The fourth-order valence-corrected chi connectivity index (χ4v) is 0.384. The Kier molecular flexibility index (Phi) is 1.40. The monoisotopic (exact) mass is 134 g/mol. The average molecular weight is 134 g/mol. The van der Waals surface area contributed by atoms with Gasteiger partial charge in [0.2, 0.25) is 0 Å². The molecule has 1 rings (SSSR count). The molecule has 1 fully saturated rings. The van der Waals surface area contributed by atoms with Crippen molar-refractivity contribution in [2.45, 2.75) is 12.9 Å². The Balaban J connectivity index is 2.33. The second kappa shape index (κ2) is 1.94. The predicted molar refractivity (Wildman–Crippen MR) is 23.8 cm³/mol. The van der Waals surface area contributed by atoms with Crippen molar-refractivity contribution < 1.29 is 24.4 Å². The third kappa shape index (κ3) is 1.38. The Morgan fingerprint density at radius 1 is 1.78 bits per heavy atom. The van der Waals surface area contributed by atoms with Gasteiger partial charge in [0.1, 0.15) is 6.61 Å². The van der Waals surface area contributed by atoms with Crippen LogP contribution in [0.1, 0.15) is 6.92 Å². The molecule has 1 aliphatic heterocycles. The van der Waals surface area contributed by atoms with E-state index in [1.54, 1.807) is 0 Å². The lowest BCUT2D eigenvalue weighted by molar-refractivity contribution is -0.163. The number of hydrogen-bond donors (Lipinski definition) is 1. The summed E-state index contributed by atoms with van der Waals surface area (Å²) in [5, 5.41) is 8.38. The van der Waals surface area contributed by atoms with Crippen molar-refractivity contribution >= 4 is 5.97 Å². The van der Waals surface area contributed by atoms with Crippen molar-refractivity contribution in [3.63, 3.8) is 0 Å². The lowest BCUT2D eigenvalue weighted by Crippen LogP contribution is -2.23. The fourth-order valence-electron chi connectivity index (χ4n) is 0.384. The first-order valence-corrected chi connectivity index (χ1v) is 2.36. The zero-order valence-corrected chi connectivity index (χ0v) is 4.79. The first kappa shape index (κ1) is 6.47. The highest BCUT2D eigenvalue weighted by Crippen LogP contribution is 2.29. The van der Waals surface area contributed by atoms with Crippen molar-refractivity contribution in [3.05, 3.63) is 0 Å². The van der Waals surface area contributed by atoms with Crippen LogP contribution in [0.25, 0.3) is 0 Å². The highest BCUT2D eigenvalue weighted by Gasteiger charge is 2.53. The summed E-state index contributed by atoms with van der Waals surface area (Å²) < 4.78 is 4.36. The molecule has 9 heavy (non-hydrogen) atoms. The molecule has 1 heterocycles. The number of rotatable bonds is 2. The van der Waals surface area contributed by atoms with E-state index in [0.29, 0.717) is 0 Å². The van der Waals surface area contributed by atoms with Gasteiger partial charge in [-0.15, -0.1) is 9.78 Å². The second-order valence-electron chi connectivity index (χ2n) is 1.60. The largest absolute Gasteiger partial charge is 0.407 e. The zero-order valence-electron chi connectivity index (χ0n) is 4.79. The van der Waals surface area contributed by atoms with E-state index < -0.39 is 18.5 Å². The van der Waals surface area contributed by atoms with E-state index in [-0.39, 0.29) is 0 Å². The lowest BCUT2D eigenvalue weighted by atomic mass is 10.6. The van der Waals surface area contributed by atoms with Crippen LogP contribution in [-0.4, -0.2) is 23.7 Å². The molecule has 0 amide bonds. The van der Waals surface area contributed by atoms with E-state index in [1.165, 1.54) is 6.92 Å². The van der Waals surface area contributed by atoms with Crippen LogP contribution in [0.2, 0.25) is 0 Å². The Hall–Kier alpha value is -0.650. The lowest BCUT2D eigenvalue weighted by Gasteiger charge is -2.00. The summed E-state index contributed by atoms with van der Waals surface area (Å²) in [6, 6.07) is 0. The first-order chi connectivity index (χ1) is 4.18. The quantitative estimate of drug-likeness (QED) is 0.303. The van der Waals surface area contributed by atoms with Crippen molar-refractivity contribution in [3.8, 4) is 0 Å². The Morgan fingerprint density at radius 2 is 2.33 bits per heavy atom. The number of hydrogen-bond acceptors (Lipinski definition) is 5.